The van der Waals surface area contributed by atoms with Gasteiger partial charge in [0.2, 0.25) is 6.41 Å². The molecule has 0 aromatic heterocycles. The van der Waals surface area contributed by atoms with Crippen LogP contribution >= 0.6 is 8.53 Å². The zero-order chi connectivity index (χ0) is 18.3. The lowest BCUT2D eigenvalue weighted by molar-refractivity contribution is -0.117. The molecule has 9 heteroatoms. The lowest BCUT2D eigenvalue weighted by Gasteiger charge is -2.37. The first-order valence-electron chi connectivity index (χ1n) is 8.35. The van der Waals surface area contributed by atoms with Gasteiger partial charge in [-0.15, -0.1) is 0 Å². The summed E-state index contributed by atoms with van der Waals surface area (Å²) in [6.07, 6.45) is 0.541. The van der Waals surface area contributed by atoms with Gasteiger partial charge in [-0.1, -0.05) is 0 Å². The third-order valence-corrected chi connectivity index (χ3v) is 5.86. The third-order valence-electron chi connectivity index (χ3n) is 3.71. The fraction of sp³-hybridized carbons (Fsp3) is 0.933. The molecule has 1 heterocycles. The van der Waals surface area contributed by atoms with E-state index in [1.165, 1.54) is 4.90 Å². The van der Waals surface area contributed by atoms with Crippen LogP contribution in [0.15, 0.2) is 0 Å². The number of carbonyl (C=O) groups excluding carboxylic acids is 1. The highest BCUT2D eigenvalue weighted by Crippen LogP contribution is 2.48. The molecule has 1 saturated heterocycles. The number of likely N-dealkylation sites (N-methyl/N-ethyl adjacent to an activating group) is 1. The number of aliphatic hydroxyl groups excluding tert-OH is 1. The topological polar surface area (TPSA) is 71.5 Å². The molecule has 1 N–H and O–H groups in total. The minimum absolute atomic E-state index is 0.140. The van der Waals surface area contributed by atoms with E-state index < -0.39 is 20.6 Å². The van der Waals surface area contributed by atoms with E-state index >= 15 is 0 Å². The maximum absolute atomic E-state index is 10.7. The highest BCUT2D eigenvalue weighted by Gasteiger charge is 2.38. The van der Waals surface area contributed by atoms with E-state index in [9.17, 15) is 9.90 Å². The van der Waals surface area contributed by atoms with E-state index in [-0.39, 0.29) is 24.8 Å². The average molecular weight is 360 g/mol. The van der Waals surface area contributed by atoms with Gasteiger partial charge in [0.15, 0.2) is 0 Å². The molecule has 2 radical (unpaired) electrons. The minimum Gasteiger partial charge on any atom is -0.394 e. The van der Waals surface area contributed by atoms with E-state index in [2.05, 4.69) is 32.4 Å². The van der Waals surface area contributed by atoms with Crippen LogP contribution in [0.1, 0.15) is 34.1 Å². The van der Waals surface area contributed by atoms with Gasteiger partial charge in [0.05, 0.1) is 19.3 Å². The fourth-order valence-corrected chi connectivity index (χ4v) is 4.32. The van der Waals surface area contributed by atoms with E-state index in [4.69, 9.17) is 21.6 Å². The Balaban J connectivity index is 2.77. The van der Waals surface area contributed by atoms with E-state index in [0.717, 1.165) is 6.41 Å². The second kappa shape index (κ2) is 10.7. The van der Waals surface area contributed by atoms with Crippen molar-refractivity contribution in [3.63, 3.8) is 0 Å². The highest BCUT2D eigenvalue weighted by atomic mass is 31.2. The number of nitrogens with zero attached hydrogens (tertiary/aromatic N) is 2. The SMILES string of the molecule is [B][C@H]1C[C@@H](OP(OCCN(C)C=O)N(C(C)C)C(C)C)C(CO)O1. The van der Waals surface area contributed by atoms with E-state index in [0.29, 0.717) is 19.6 Å². The number of carbonyl (C=O) groups is 1. The van der Waals surface area contributed by atoms with Crippen LogP contribution in [0.5, 0.6) is 0 Å². The Hall–Kier alpha value is -0.235. The van der Waals surface area contributed by atoms with Crippen LogP contribution in [0.25, 0.3) is 0 Å². The zero-order valence-electron chi connectivity index (χ0n) is 15.3. The number of rotatable bonds is 11. The molecule has 2 unspecified atom stereocenters. The number of amides is 1. The normalized spacial score (nSPS) is 25.6. The molecule has 4 atom stereocenters. The Morgan fingerprint density at radius 2 is 2.00 bits per heavy atom. The van der Waals surface area contributed by atoms with Gasteiger partial charge in [0.1, 0.15) is 14.0 Å². The lowest BCUT2D eigenvalue weighted by Crippen LogP contribution is -2.36. The van der Waals surface area contributed by atoms with Crippen LogP contribution in [-0.2, 0) is 18.6 Å². The molecule has 0 spiro atoms. The standard InChI is InChI=1S/C15H30BN2O5P/c1-11(2)18(12(3)4)24(21-7-6-17(5)10-20)23-13-8-15(16)22-14(13)9-19/h10-15,19H,6-9H2,1-5H3/t13-,14?,15-,24?/m1/s1. The van der Waals surface area contributed by atoms with Gasteiger partial charge in [-0.05, 0) is 34.1 Å². The lowest BCUT2D eigenvalue weighted by atomic mass is 9.96. The summed E-state index contributed by atoms with van der Waals surface area (Å²) in [5.74, 6) is 0. The molecule has 138 valence electrons. The molecule has 1 aliphatic heterocycles. The van der Waals surface area contributed by atoms with Crippen molar-refractivity contribution in [2.75, 3.05) is 26.8 Å². The third kappa shape index (κ3) is 6.58. The summed E-state index contributed by atoms with van der Waals surface area (Å²) < 4.78 is 19.8. The molecule has 1 rings (SSSR count). The van der Waals surface area contributed by atoms with Crippen molar-refractivity contribution < 1.29 is 23.7 Å². The van der Waals surface area contributed by atoms with Crippen LogP contribution in [0.3, 0.4) is 0 Å². The molecule has 1 fully saturated rings. The predicted molar refractivity (Wildman–Crippen MR) is 94.7 cm³/mol. The predicted octanol–water partition coefficient (Wildman–Crippen LogP) is 1.10. The summed E-state index contributed by atoms with van der Waals surface area (Å²) in [5.41, 5.74) is 0. The summed E-state index contributed by atoms with van der Waals surface area (Å²) in [6.45, 7) is 9.05. The van der Waals surface area contributed by atoms with Gasteiger partial charge in [-0.2, -0.15) is 0 Å². The van der Waals surface area contributed by atoms with Gasteiger partial charge < -0.3 is 23.8 Å². The first-order valence-corrected chi connectivity index (χ1v) is 9.48. The Morgan fingerprint density at radius 1 is 1.38 bits per heavy atom. The van der Waals surface area contributed by atoms with Crippen LogP contribution in [0.2, 0.25) is 0 Å². The van der Waals surface area contributed by atoms with Crippen molar-refractivity contribution in [2.45, 2.75) is 64.4 Å². The second-order valence-electron chi connectivity index (χ2n) is 6.50. The van der Waals surface area contributed by atoms with Gasteiger partial charge in [0, 0.05) is 31.7 Å². The molecule has 0 aliphatic carbocycles. The average Bonchev–Trinajstić information content (AvgIpc) is 2.85. The maximum Gasteiger partial charge on any atom is 0.259 e. The summed E-state index contributed by atoms with van der Waals surface area (Å²) in [7, 11) is 6.16. The van der Waals surface area contributed by atoms with Gasteiger partial charge in [-0.3, -0.25) is 4.79 Å². The van der Waals surface area contributed by atoms with Crippen molar-refractivity contribution in [1.82, 2.24) is 9.57 Å². The number of hydrogen-bond donors (Lipinski definition) is 1. The largest absolute Gasteiger partial charge is 0.394 e. The number of aliphatic hydroxyl groups is 1. The Bertz CT molecular complexity index is 370. The Morgan fingerprint density at radius 3 is 2.50 bits per heavy atom. The Kier molecular flexibility index (Phi) is 9.71. The minimum atomic E-state index is -1.36. The molecule has 1 amide bonds. The molecular weight excluding hydrogens is 330 g/mol. The van der Waals surface area contributed by atoms with Gasteiger partial charge >= 0.3 is 0 Å². The summed E-state index contributed by atoms with van der Waals surface area (Å²) in [6, 6.07) is 0.0173. The molecule has 7 nitrogen and oxygen atoms in total. The summed E-state index contributed by atoms with van der Waals surface area (Å²) in [4.78, 5) is 12.2. The molecule has 24 heavy (non-hydrogen) atoms. The summed E-state index contributed by atoms with van der Waals surface area (Å²) >= 11 is 0. The smallest absolute Gasteiger partial charge is 0.259 e. The molecule has 0 bridgehead atoms. The molecule has 0 aromatic rings. The quantitative estimate of drug-likeness (QED) is 0.338. The first-order chi connectivity index (χ1) is 11.3. The van der Waals surface area contributed by atoms with E-state index in [1.807, 2.05) is 0 Å². The Labute approximate surface area is 148 Å². The first kappa shape index (κ1) is 21.8. The number of hydrogen-bond acceptors (Lipinski definition) is 6. The molecular formula is C15H30BN2O5P. The van der Waals surface area contributed by atoms with Crippen LogP contribution in [-0.4, -0.2) is 86.0 Å². The summed E-state index contributed by atoms with van der Waals surface area (Å²) in [5, 5.41) is 9.45. The molecule has 0 aromatic carbocycles. The zero-order valence-corrected chi connectivity index (χ0v) is 16.2. The molecule has 0 saturated carbocycles. The van der Waals surface area contributed by atoms with Crippen molar-refractivity contribution in [2.24, 2.45) is 0 Å². The van der Waals surface area contributed by atoms with Gasteiger partial charge in [-0.25, -0.2) is 4.67 Å². The molecule has 1 aliphatic rings. The van der Waals surface area contributed by atoms with Crippen LogP contribution in [0, 0.1) is 0 Å². The van der Waals surface area contributed by atoms with Crippen molar-refractivity contribution >= 4 is 22.8 Å². The van der Waals surface area contributed by atoms with Crippen LogP contribution in [0.4, 0.5) is 0 Å². The monoisotopic (exact) mass is 360 g/mol. The highest BCUT2D eigenvalue weighted by molar-refractivity contribution is 7.44. The maximum atomic E-state index is 10.7. The van der Waals surface area contributed by atoms with Crippen LogP contribution < -0.4 is 0 Å². The van der Waals surface area contributed by atoms with Crippen molar-refractivity contribution in [3.8, 4) is 0 Å². The number of ether oxygens (including phenoxy) is 1. The van der Waals surface area contributed by atoms with Crippen molar-refractivity contribution in [3.05, 3.63) is 0 Å². The van der Waals surface area contributed by atoms with E-state index in [1.54, 1.807) is 7.05 Å². The van der Waals surface area contributed by atoms with Crippen molar-refractivity contribution in [1.29, 1.82) is 0 Å². The second-order valence-corrected chi connectivity index (χ2v) is 7.91. The fourth-order valence-electron chi connectivity index (χ4n) is 2.58. The van der Waals surface area contributed by atoms with Gasteiger partial charge in [0.25, 0.3) is 8.53 Å².